The predicted molar refractivity (Wildman–Crippen MR) is 189 cm³/mol. The van der Waals surface area contributed by atoms with Crippen molar-refractivity contribution in [3.05, 3.63) is 144 Å². The molecule has 50 heavy (non-hydrogen) atoms. The zero-order chi connectivity index (χ0) is 34.4. The van der Waals surface area contributed by atoms with E-state index in [4.69, 9.17) is 19.9 Å². The van der Waals surface area contributed by atoms with E-state index in [0.29, 0.717) is 39.9 Å². The maximum absolute atomic E-state index is 13.0. The molecule has 5 heterocycles. The molecule has 3 aliphatic rings. The second-order valence-electron chi connectivity index (χ2n) is 11.4. The van der Waals surface area contributed by atoms with Crippen LogP contribution in [-0.2, 0) is 5.72 Å². The van der Waals surface area contributed by atoms with Gasteiger partial charge in [0.05, 0.1) is 36.6 Å². The Morgan fingerprint density at radius 1 is 0.860 bits per heavy atom. The van der Waals surface area contributed by atoms with Crippen molar-refractivity contribution in [1.82, 2.24) is 19.3 Å². The number of nitrogens with zero attached hydrogens (tertiary/aromatic N) is 7. The van der Waals surface area contributed by atoms with Gasteiger partial charge in [0, 0.05) is 34.5 Å². The number of nitrogens with one attached hydrogen (secondary N) is 1. The molecule has 0 radical (unpaired) electrons. The standard InChI is InChI=1S/2C19H14N4O2/c1-25-13-8-6-12(7-9-13)19(24)17-21-15-5-3-2-4-14(15)16-10-11-20-18(22-19)23(16)17;1-25-13-8-6-12(7-9-13)17(24)18-22-15-5-3-2-4-14(15)16-10-11-21-19(20)23(16)18/h2-11,24H,1H3;2-11,20H,1H3. The smallest absolute Gasteiger partial charge is 0.246 e. The number of guanidine groups is 1. The fraction of sp³-hybridized carbons (Fsp3) is 0.0789. The zero-order valence-corrected chi connectivity index (χ0v) is 26.8. The zero-order valence-electron chi connectivity index (χ0n) is 26.8. The fourth-order valence-corrected chi connectivity index (χ4v) is 6.14. The van der Waals surface area contributed by atoms with Crippen molar-refractivity contribution in [2.45, 2.75) is 5.72 Å². The van der Waals surface area contributed by atoms with Crippen LogP contribution in [0, 0.1) is 5.41 Å². The Kier molecular flexibility index (Phi) is 7.34. The minimum atomic E-state index is -1.59. The molecule has 4 aromatic carbocycles. The molecule has 0 amide bonds. The average molecular weight is 661 g/mol. The van der Waals surface area contributed by atoms with Crippen molar-refractivity contribution >= 4 is 51.6 Å². The lowest BCUT2D eigenvalue weighted by molar-refractivity contribution is 0.102. The Balaban J connectivity index is 0.000000144. The molecule has 12 heteroatoms. The Morgan fingerprint density at radius 2 is 1.56 bits per heavy atom. The molecule has 0 bridgehead atoms. The Hall–Kier alpha value is -6.79. The van der Waals surface area contributed by atoms with Crippen LogP contribution in [0.25, 0.3) is 22.1 Å². The summed E-state index contributed by atoms with van der Waals surface area (Å²) >= 11 is 0. The van der Waals surface area contributed by atoms with Gasteiger partial charge in [0.2, 0.25) is 23.1 Å². The molecule has 0 saturated carbocycles. The maximum Gasteiger partial charge on any atom is 0.246 e. The number of hydrogen-bond donors (Lipinski definition) is 2. The molecule has 244 valence electrons. The molecular weight excluding hydrogens is 632 g/mol. The van der Waals surface area contributed by atoms with Crippen LogP contribution in [0.5, 0.6) is 11.5 Å². The van der Waals surface area contributed by atoms with E-state index < -0.39 is 5.72 Å². The molecule has 0 spiro atoms. The van der Waals surface area contributed by atoms with Crippen LogP contribution in [0.4, 0.5) is 5.69 Å². The molecule has 6 aromatic rings. The van der Waals surface area contributed by atoms with E-state index in [1.165, 1.54) is 4.40 Å². The number of aromatic nitrogens is 3. The lowest BCUT2D eigenvalue weighted by Gasteiger charge is -2.32. The maximum atomic E-state index is 13.0. The molecular formula is C38H28N8O4. The number of amidine groups is 1. The molecule has 12 nitrogen and oxygen atoms in total. The number of rotatable bonds is 5. The summed E-state index contributed by atoms with van der Waals surface area (Å²) in [5, 5.41) is 20.4. The van der Waals surface area contributed by atoms with Crippen LogP contribution in [0.1, 0.15) is 27.3 Å². The third-order valence-corrected chi connectivity index (χ3v) is 8.60. The van der Waals surface area contributed by atoms with E-state index in [1.54, 1.807) is 81.2 Å². The minimum absolute atomic E-state index is 0.0346. The van der Waals surface area contributed by atoms with Crippen LogP contribution in [0.15, 0.2) is 130 Å². The Morgan fingerprint density at radius 3 is 2.32 bits per heavy atom. The second kappa shape index (κ2) is 12.0. The lowest BCUT2D eigenvalue weighted by atomic mass is 9.98. The molecule has 1 unspecified atom stereocenters. The van der Waals surface area contributed by atoms with Gasteiger partial charge >= 0.3 is 0 Å². The number of fused-ring (bicyclic) bond motifs is 5. The van der Waals surface area contributed by atoms with Crippen LogP contribution >= 0.6 is 0 Å². The highest BCUT2D eigenvalue weighted by Gasteiger charge is 2.50. The van der Waals surface area contributed by atoms with Crippen molar-refractivity contribution in [3.63, 3.8) is 0 Å². The summed E-state index contributed by atoms with van der Waals surface area (Å²) in [6.07, 6.45) is 5.17. The highest BCUT2D eigenvalue weighted by atomic mass is 16.5. The highest BCUT2D eigenvalue weighted by molar-refractivity contribution is 6.22. The first kappa shape index (κ1) is 30.5. The molecule has 0 aliphatic carbocycles. The number of benzene rings is 4. The Labute approximate surface area is 285 Å². The summed E-state index contributed by atoms with van der Waals surface area (Å²) in [5.74, 6) is 2.15. The van der Waals surface area contributed by atoms with E-state index in [2.05, 4.69) is 20.0 Å². The molecule has 2 aromatic heterocycles. The summed E-state index contributed by atoms with van der Waals surface area (Å²) in [7, 11) is 3.18. The van der Waals surface area contributed by atoms with Gasteiger partial charge in [0.1, 0.15) is 11.5 Å². The van der Waals surface area contributed by atoms with Gasteiger partial charge in [-0.05, 0) is 72.8 Å². The first-order valence-corrected chi connectivity index (χ1v) is 15.6. The van der Waals surface area contributed by atoms with E-state index in [0.717, 1.165) is 27.9 Å². The molecule has 1 atom stereocenters. The number of ether oxygens (including phenoxy) is 2. The number of hydrogen-bond acceptors (Lipinski definition) is 11. The minimum Gasteiger partial charge on any atom is -0.497 e. The number of para-hydroxylation sites is 2. The normalized spacial score (nSPS) is 16.8. The first-order chi connectivity index (χ1) is 24.4. The third kappa shape index (κ3) is 4.93. The number of methoxy groups -OCH3 is 2. The van der Waals surface area contributed by atoms with Crippen molar-refractivity contribution < 1.29 is 19.4 Å². The van der Waals surface area contributed by atoms with Gasteiger partial charge in [-0.3, -0.25) is 19.5 Å². The molecule has 0 fully saturated rings. The molecule has 2 N–H and O–H groups in total. The molecule has 9 rings (SSSR count). The summed E-state index contributed by atoms with van der Waals surface area (Å²) in [6.45, 7) is 0. The number of aliphatic imine (C=N–C) groups is 3. The number of aliphatic hydroxyl groups is 1. The van der Waals surface area contributed by atoms with E-state index >= 15 is 0 Å². The van der Waals surface area contributed by atoms with Gasteiger partial charge in [-0.1, -0.05) is 36.4 Å². The largest absolute Gasteiger partial charge is 0.497 e. The summed E-state index contributed by atoms with van der Waals surface area (Å²) < 4.78 is 11.8. The number of carbonyl (C=O) groups is 1. The van der Waals surface area contributed by atoms with Crippen molar-refractivity contribution in [2.75, 3.05) is 14.2 Å². The van der Waals surface area contributed by atoms with E-state index in [1.807, 2.05) is 59.5 Å². The number of carbonyl (C=O) groups excluding carboxylic acids is 1. The molecule has 3 aliphatic heterocycles. The van der Waals surface area contributed by atoms with Crippen LogP contribution in [-0.4, -0.2) is 62.4 Å². The van der Waals surface area contributed by atoms with Crippen molar-refractivity contribution in [1.29, 1.82) is 5.41 Å². The van der Waals surface area contributed by atoms with Crippen LogP contribution in [0.2, 0.25) is 0 Å². The van der Waals surface area contributed by atoms with Gasteiger partial charge in [-0.25, -0.2) is 24.9 Å². The van der Waals surface area contributed by atoms with Crippen molar-refractivity contribution in [3.8, 4) is 11.5 Å². The summed E-state index contributed by atoms with van der Waals surface area (Å²) in [4.78, 5) is 36.8. The van der Waals surface area contributed by atoms with Crippen molar-refractivity contribution in [2.24, 2.45) is 15.0 Å². The Bertz CT molecular complexity index is 2520. The average Bonchev–Trinajstić information content (AvgIpc) is 3.47. The predicted octanol–water partition coefficient (Wildman–Crippen LogP) is 5.28. The quantitative estimate of drug-likeness (QED) is 0.189. The van der Waals surface area contributed by atoms with E-state index in [9.17, 15) is 9.90 Å². The van der Waals surface area contributed by atoms with Crippen LogP contribution in [0.3, 0.4) is 0 Å². The SMILES string of the molecule is COc1ccc(C(=O)c2nc3ccccc3c3ccnc(=N)n23)cc1.COc1ccc(C2(O)N=C3N=CC=C4c5ccccc5N=C2N43)cc1. The summed E-state index contributed by atoms with van der Waals surface area (Å²) in [6, 6.07) is 31.1. The topological polar surface area (TPSA) is 150 Å². The third-order valence-electron chi connectivity index (χ3n) is 8.60. The summed E-state index contributed by atoms with van der Waals surface area (Å²) in [5.41, 5.74) is 3.60. The fourth-order valence-electron chi connectivity index (χ4n) is 6.14. The first-order valence-electron chi connectivity index (χ1n) is 15.6. The molecule has 0 saturated heterocycles. The van der Waals surface area contributed by atoms with Gasteiger partial charge in [-0.15, -0.1) is 0 Å². The van der Waals surface area contributed by atoms with Gasteiger partial charge in [0.25, 0.3) is 0 Å². The van der Waals surface area contributed by atoms with Crippen LogP contribution < -0.4 is 15.1 Å². The van der Waals surface area contributed by atoms with E-state index in [-0.39, 0.29) is 17.2 Å². The highest BCUT2D eigenvalue weighted by Crippen LogP contribution is 2.44. The van der Waals surface area contributed by atoms with Gasteiger partial charge in [-0.2, -0.15) is 0 Å². The number of allylic oxidation sites excluding steroid dienone is 1. The monoisotopic (exact) mass is 660 g/mol. The number of ketones is 1. The van der Waals surface area contributed by atoms with Gasteiger partial charge < -0.3 is 14.6 Å². The second-order valence-corrected chi connectivity index (χ2v) is 11.4. The lowest BCUT2D eigenvalue weighted by Crippen LogP contribution is -2.42. The van der Waals surface area contributed by atoms with Gasteiger partial charge in [0.15, 0.2) is 11.7 Å².